The molecule has 6 heteroatoms. The first-order chi connectivity index (χ1) is 11.5. The number of hydrogen-bond acceptors (Lipinski definition) is 4. The van der Waals surface area contributed by atoms with Gasteiger partial charge in [-0.3, -0.25) is 14.6 Å². The number of carbonyl (C=O) groups is 2. The third-order valence-electron chi connectivity index (χ3n) is 3.49. The zero-order chi connectivity index (χ0) is 17.5. The summed E-state index contributed by atoms with van der Waals surface area (Å²) in [5, 5.41) is 12.6. The molecule has 2 unspecified atom stereocenters. The number of aromatic nitrogens is 1. The maximum Gasteiger partial charge on any atom is 0.217 e. The van der Waals surface area contributed by atoms with Gasteiger partial charge in [0.2, 0.25) is 5.91 Å². The van der Waals surface area contributed by atoms with Crippen LogP contribution in [-0.4, -0.2) is 16.7 Å². The summed E-state index contributed by atoms with van der Waals surface area (Å²) in [6.45, 7) is 1.38. The number of nitrogens with one attached hydrogen (secondary N) is 1. The Hall–Kier alpha value is -2.71. The van der Waals surface area contributed by atoms with Crippen molar-refractivity contribution in [3.8, 4) is 6.07 Å². The van der Waals surface area contributed by atoms with Gasteiger partial charge in [-0.15, -0.1) is 0 Å². The summed E-state index contributed by atoms with van der Waals surface area (Å²) < 4.78 is 0. The number of nitrogens with zero attached hydrogens (tertiary/aromatic N) is 2. The van der Waals surface area contributed by atoms with Crippen molar-refractivity contribution in [3.63, 3.8) is 0 Å². The second-order valence-electron chi connectivity index (χ2n) is 5.29. The van der Waals surface area contributed by atoms with Crippen molar-refractivity contribution in [3.05, 3.63) is 64.9 Å². The maximum absolute atomic E-state index is 12.6. The molecule has 0 bridgehead atoms. The summed E-state index contributed by atoms with van der Waals surface area (Å²) in [7, 11) is 0. The van der Waals surface area contributed by atoms with Gasteiger partial charge in [0.15, 0.2) is 5.78 Å². The summed E-state index contributed by atoms with van der Waals surface area (Å²) in [6, 6.07) is 13.4. The first-order valence-corrected chi connectivity index (χ1v) is 7.75. The van der Waals surface area contributed by atoms with Crippen molar-refractivity contribution in [2.24, 2.45) is 0 Å². The number of halogens is 1. The van der Waals surface area contributed by atoms with E-state index in [-0.39, 0.29) is 18.1 Å². The number of carbonyl (C=O) groups excluding carboxylic acids is 2. The first kappa shape index (κ1) is 17.6. The number of hydrogen-bond donors (Lipinski definition) is 1. The predicted molar refractivity (Wildman–Crippen MR) is 90.2 cm³/mol. The molecule has 1 aromatic heterocycles. The Bertz CT molecular complexity index is 754. The highest BCUT2D eigenvalue weighted by Crippen LogP contribution is 2.24. The fraction of sp³-hybridized carbons (Fsp3) is 0.222. The minimum Gasteiger partial charge on any atom is -0.349 e. The van der Waals surface area contributed by atoms with E-state index in [1.54, 1.807) is 42.5 Å². The van der Waals surface area contributed by atoms with Crippen LogP contribution in [0, 0.1) is 11.3 Å². The Morgan fingerprint density at radius 2 is 1.96 bits per heavy atom. The molecule has 1 amide bonds. The van der Waals surface area contributed by atoms with E-state index in [1.807, 2.05) is 6.07 Å². The molecule has 2 rings (SSSR count). The molecule has 1 heterocycles. The first-order valence-electron chi connectivity index (χ1n) is 7.37. The SMILES string of the molecule is CC(=O)NC(CC(=O)C(C#N)c1ccccn1)c1ccc(Cl)cc1. The molecule has 0 saturated carbocycles. The van der Waals surface area contributed by atoms with Crippen LogP contribution in [0.25, 0.3) is 0 Å². The molecule has 122 valence electrons. The minimum absolute atomic E-state index is 0.00396. The largest absolute Gasteiger partial charge is 0.349 e. The van der Waals surface area contributed by atoms with E-state index in [9.17, 15) is 14.9 Å². The monoisotopic (exact) mass is 341 g/mol. The Kier molecular flexibility index (Phi) is 6.05. The van der Waals surface area contributed by atoms with E-state index in [2.05, 4.69) is 10.3 Å². The van der Waals surface area contributed by atoms with Crippen LogP contribution in [0.15, 0.2) is 48.7 Å². The number of ketones is 1. The van der Waals surface area contributed by atoms with Gasteiger partial charge in [-0.2, -0.15) is 5.26 Å². The molecular weight excluding hydrogens is 326 g/mol. The van der Waals surface area contributed by atoms with E-state index in [0.717, 1.165) is 5.56 Å². The van der Waals surface area contributed by atoms with Crippen LogP contribution in [0.2, 0.25) is 5.02 Å². The molecule has 2 atom stereocenters. The van der Waals surface area contributed by atoms with Gasteiger partial charge in [-0.05, 0) is 29.8 Å². The van der Waals surface area contributed by atoms with Crippen molar-refractivity contribution in [1.29, 1.82) is 5.26 Å². The van der Waals surface area contributed by atoms with Gasteiger partial charge < -0.3 is 5.32 Å². The smallest absolute Gasteiger partial charge is 0.217 e. The number of pyridine rings is 1. The van der Waals surface area contributed by atoms with Crippen molar-refractivity contribution in [2.45, 2.75) is 25.3 Å². The van der Waals surface area contributed by atoms with E-state index in [4.69, 9.17) is 11.6 Å². The highest BCUT2D eigenvalue weighted by Gasteiger charge is 2.25. The standard InChI is InChI=1S/C18H16ClN3O2/c1-12(23)22-17(13-5-7-14(19)8-6-13)10-18(24)15(11-20)16-4-2-3-9-21-16/h2-9,15,17H,10H2,1H3,(H,22,23). The van der Waals surface area contributed by atoms with E-state index < -0.39 is 12.0 Å². The van der Waals surface area contributed by atoms with Crippen LogP contribution < -0.4 is 5.32 Å². The van der Waals surface area contributed by atoms with E-state index >= 15 is 0 Å². The van der Waals surface area contributed by atoms with Crippen LogP contribution in [-0.2, 0) is 9.59 Å². The van der Waals surface area contributed by atoms with Crippen molar-refractivity contribution >= 4 is 23.3 Å². The second kappa shape index (κ2) is 8.23. The Labute approximate surface area is 145 Å². The Morgan fingerprint density at radius 1 is 1.25 bits per heavy atom. The summed E-state index contributed by atoms with van der Waals surface area (Å²) in [5.41, 5.74) is 1.16. The van der Waals surface area contributed by atoms with Crippen LogP contribution >= 0.6 is 11.6 Å². The zero-order valence-corrected chi connectivity index (χ0v) is 13.8. The quantitative estimate of drug-likeness (QED) is 0.874. The fourth-order valence-corrected chi connectivity index (χ4v) is 2.49. The van der Waals surface area contributed by atoms with E-state index in [1.165, 1.54) is 13.1 Å². The lowest BCUT2D eigenvalue weighted by Crippen LogP contribution is -2.29. The third kappa shape index (κ3) is 4.64. The average molecular weight is 342 g/mol. The molecule has 1 aromatic carbocycles. The number of amides is 1. The molecule has 0 aliphatic rings. The number of nitriles is 1. The van der Waals surface area contributed by atoms with Crippen molar-refractivity contribution in [2.75, 3.05) is 0 Å². The molecule has 0 radical (unpaired) electrons. The summed E-state index contributed by atoms with van der Waals surface area (Å²) in [6.07, 6.45) is 1.54. The molecule has 0 aliphatic heterocycles. The van der Waals surface area contributed by atoms with Crippen molar-refractivity contribution in [1.82, 2.24) is 10.3 Å². The second-order valence-corrected chi connectivity index (χ2v) is 5.73. The lowest BCUT2D eigenvalue weighted by atomic mass is 9.93. The third-order valence-corrected chi connectivity index (χ3v) is 3.74. The van der Waals surface area contributed by atoms with Gasteiger partial charge in [0.1, 0.15) is 5.92 Å². The number of Topliss-reactive ketones (excluding diaryl/α,β-unsaturated/α-hetero) is 1. The van der Waals surface area contributed by atoms with Crippen LogP contribution in [0.3, 0.4) is 0 Å². The summed E-state index contributed by atoms with van der Waals surface area (Å²) >= 11 is 5.88. The van der Waals surface area contributed by atoms with Gasteiger partial charge >= 0.3 is 0 Å². The normalized spacial score (nSPS) is 12.7. The average Bonchev–Trinajstić information content (AvgIpc) is 2.56. The topological polar surface area (TPSA) is 82.9 Å². The highest BCUT2D eigenvalue weighted by atomic mass is 35.5. The molecule has 0 spiro atoms. The fourth-order valence-electron chi connectivity index (χ4n) is 2.36. The number of rotatable bonds is 6. The minimum atomic E-state index is -0.963. The summed E-state index contributed by atoms with van der Waals surface area (Å²) in [5.74, 6) is -1.52. The molecule has 2 aromatic rings. The Balaban J connectivity index is 2.22. The highest BCUT2D eigenvalue weighted by molar-refractivity contribution is 6.30. The van der Waals surface area contributed by atoms with Crippen LogP contribution in [0.4, 0.5) is 0 Å². The molecule has 24 heavy (non-hydrogen) atoms. The Morgan fingerprint density at radius 3 is 2.50 bits per heavy atom. The molecule has 1 N–H and O–H groups in total. The van der Waals surface area contributed by atoms with Crippen molar-refractivity contribution < 1.29 is 9.59 Å². The molecule has 5 nitrogen and oxygen atoms in total. The zero-order valence-electron chi connectivity index (χ0n) is 13.1. The van der Waals surface area contributed by atoms with Gasteiger partial charge in [-0.25, -0.2) is 0 Å². The van der Waals surface area contributed by atoms with Gasteiger partial charge in [0.05, 0.1) is 17.8 Å². The molecule has 0 fully saturated rings. The maximum atomic E-state index is 12.6. The van der Waals surface area contributed by atoms with Crippen LogP contribution in [0.1, 0.15) is 36.6 Å². The predicted octanol–water partition coefficient (Wildman–Crippen LogP) is 3.18. The van der Waals surface area contributed by atoms with Gasteiger partial charge in [0, 0.05) is 24.6 Å². The van der Waals surface area contributed by atoms with E-state index in [0.29, 0.717) is 10.7 Å². The lowest BCUT2D eigenvalue weighted by molar-refractivity contribution is -0.121. The molecule has 0 aliphatic carbocycles. The number of benzene rings is 1. The molecular formula is C18H16ClN3O2. The van der Waals surface area contributed by atoms with Gasteiger partial charge in [-0.1, -0.05) is 29.8 Å². The van der Waals surface area contributed by atoms with Crippen LogP contribution in [0.5, 0.6) is 0 Å². The van der Waals surface area contributed by atoms with Gasteiger partial charge in [0.25, 0.3) is 0 Å². The lowest BCUT2D eigenvalue weighted by Gasteiger charge is -2.19. The summed E-state index contributed by atoms with van der Waals surface area (Å²) in [4.78, 5) is 28.1. The molecule has 0 saturated heterocycles.